The summed E-state index contributed by atoms with van der Waals surface area (Å²) in [5, 5.41) is 0. The molecule has 3 nitrogen and oxygen atoms in total. The molecule has 0 radical (unpaired) electrons. The topological polar surface area (TPSA) is 45.2 Å². The van der Waals surface area contributed by atoms with Crippen molar-refractivity contribution in [3.8, 4) is 0 Å². The maximum absolute atomic E-state index is 11.9. The zero-order valence-corrected chi connectivity index (χ0v) is 16.7. The Morgan fingerprint density at radius 1 is 1.14 bits per heavy atom. The number of fused-ring (bicyclic) bond motifs is 4. The minimum Gasteiger partial charge on any atom is -0.326 e. The summed E-state index contributed by atoms with van der Waals surface area (Å²) in [6, 6.07) is 12.0. The highest BCUT2D eigenvalue weighted by molar-refractivity contribution is 5.79. The molecule has 4 rings (SSSR count). The van der Waals surface area contributed by atoms with Crippen LogP contribution in [0.2, 0.25) is 0 Å². The smallest absolute Gasteiger partial charge is 0.248 e. The Balaban J connectivity index is 1.76. The van der Waals surface area contributed by atoms with E-state index in [4.69, 9.17) is 4.99 Å². The number of aromatic nitrogens is 1. The molecule has 1 aromatic heterocycles. The Bertz CT molecular complexity index is 1070. The maximum Gasteiger partial charge on any atom is 0.248 e. The van der Waals surface area contributed by atoms with Crippen molar-refractivity contribution in [3.05, 3.63) is 98.5 Å². The third kappa shape index (κ3) is 3.22. The van der Waals surface area contributed by atoms with Crippen LogP contribution in [0.3, 0.4) is 0 Å². The SMILES string of the molecule is C/C=C1\[C@H]2C=C(C)C[C@]1(N=C/C=C/c1ccc(C)cc1)c1ccc(=O)[nH]c1C2. The van der Waals surface area contributed by atoms with Crippen molar-refractivity contribution in [2.75, 3.05) is 0 Å². The van der Waals surface area contributed by atoms with Crippen molar-refractivity contribution in [1.82, 2.24) is 4.98 Å². The van der Waals surface area contributed by atoms with Crippen molar-refractivity contribution < 1.29 is 0 Å². The number of pyridine rings is 1. The van der Waals surface area contributed by atoms with Gasteiger partial charge in [-0.25, -0.2) is 0 Å². The number of rotatable bonds is 3. The van der Waals surface area contributed by atoms with Crippen LogP contribution in [0, 0.1) is 12.8 Å². The lowest BCUT2D eigenvalue weighted by Gasteiger charge is -2.45. The first-order chi connectivity index (χ1) is 13.5. The van der Waals surface area contributed by atoms with Crippen LogP contribution in [-0.4, -0.2) is 11.2 Å². The van der Waals surface area contributed by atoms with Crippen LogP contribution in [-0.2, 0) is 12.0 Å². The molecule has 2 aliphatic carbocycles. The second kappa shape index (κ2) is 7.23. The van der Waals surface area contributed by atoms with Gasteiger partial charge in [-0.05, 0) is 50.5 Å². The Labute approximate surface area is 166 Å². The maximum atomic E-state index is 11.9. The van der Waals surface area contributed by atoms with Crippen LogP contribution >= 0.6 is 0 Å². The Kier molecular flexibility index (Phi) is 4.76. The molecular formula is C25H26N2O. The van der Waals surface area contributed by atoms with Gasteiger partial charge in [0.2, 0.25) is 5.56 Å². The summed E-state index contributed by atoms with van der Waals surface area (Å²) in [6.45, 7) is 6.37. The monoisotopic (exact) mass is 370 g/mol. The largest absolute Gasteiger partial charge is 0.326 e. The van der Waals surface area contributed by atoms with Crippen molar-refractivity contribution >= 4 is 12.3 Å². The lowest BCUT2D eigenvalue weighted by atomic mass is 9.63. The summed E-state index contributed by atoms with van der Waals surface area (Å²) in [5.41, 5.74) is 6.78. The van der Waals surface area contributed by atoms with E-state index < -0.39 is 5.54 Å². The van der Waals surface area contributed by atoms with E-state index in [1.807, 2.05) is 18.4 Å². The van der Waals surface area contributed by atoms with E-state index >= 15 is 0 Å². The standard InChI is InChI=1S/C25H26N2O/c1-4-21-20-14-18(3)16-25(21,22-11-12-24(28)27-23(22)15-20)26-13-5-6-19-9-7-17(2)8-10-19/h4-14,20H,15-16H2,1-3H3,(H,27,28)/b6-5+,21-4+,26-13?/t20-,25+/m0/s1. The van der Waals surface area contributed by atoms with Crippen LogP contribution < -0.4 is 5.56 Å². The molecule has 0 saturated carbocycles. The quantitative estimate of drug-likeness (QED) is 0.591. The summed E-state index contributed by atoms with van der Waals surface area (Å²) < 4.78 is 0. The zero-order chi connectivity index (χ0) is 19.7. The number of nitrogens with zero attached hydrogens (tertiary/aromatic N) is 1. The molecule has 2 bridgehead atoms. The van der Waals surface area contributed by atoms with Gasteiger partial charge in [0.25, 0.3) is 0 Å². The molecule has 0 amide bonds. The second-order valence-corrected chi connectivity index (χ2v) is 7.87. The highest BCUT2D eigenvalue weighted by atomic mass is 16.1. The van der Waals surface area contributed by atoms with Gasteiger partial charge in [-0.3, -0.25) is 9.79 Å². The summed E-state index contributed by atoms with van der Waals surface area (Å²) >= 11 is 0. The van der Waals surface area contributed by atoms with E-state index in [0.717, 1.165) is 29.7 Å². The first kappa shape index (κ1) is 18.4. The lowest BCUT2D eigenvalue weighted by molar-refractivity contribution is 0.413. The molecule has 0 saturated heterocycles. The van der Waals surface area contributed by atoms with Crippen LogP contribution in [0.15, 0.2) is 75.6 Å². The summed E-state index contributed by atoms with van der Waals surface area (Å²) in [6.07, 6.45) is 12.2. The third-order valence-electron chi connectivity index (χ3n) is 5.83. The van der Waals surface area contributed by atoms with Crippen LogP contribution in [0.4, 0.5) is 0 Å². The van der Waals surface area contributed by atoms with Gasteiger partial charge in [-0.15, -0.1) is 0 Å². The first-order valence-electron chi connectivity index (χ1n) is 9.87. The molecule has 2 atom stereocenters. The highest BCUT2D eigenvalue weighted by Crippen LogP contribution is 2.51. The number of hydrogen-bond acceptors (Lipinski definition) is 2. The predicted octanol–water partition coefficient (Wildman–Crippen LogP) is 5.13. The number of benzene rings is 1. The lowest BCUT2D eigenvalue weighted by Crippen LogP contribution is -2.40. The number of aliphatic imine (C=N–C) groups is 1. The number of nitrogens with one attached hydrogen (secondary N) is 1. The highest BCUT2D eigenvalue weighted by Gasteiger charge is 2.46. The average Bonchev–Trinajstić information content (AvgIpc) is 2.66. The third-order valence-corrected chi connectivity index (χ3v) is 5.83. The number of allylic oxidation sites excluding steroid dienone is 3. The van der Waals surface area contributed by atoms with E-state index in [1.165, 1.54) is 16.7 Å². The molecule has 142 valence electrons. The number of H-pyrrole nitrogens is 1. The summed E-state index contributed by atoms with van der Waals surface area (Å²) in [5.74, 6) is 0.294. The van der Waals surface area contributed by atoms with Gasteiger partial charge in [0.15, 0.2) is 0 Å². The average molecular weight is 370 g/mol. The van der Waals surface area contributed by atoms with Crippen LogP contribution in [0.1, 0.15) is 42.7 Å². The Hall–Kier alpha value is -2.94. The van der Waals surface area contributed by atoms with Crippen molar-refractivity contribution in [2.45, 2.75) is 39.2 Å². The molecule has 0 spiro atoms. The molecule has 28 heavy (non-hydrogen) atoms. The molecule has 0 aliphatic heterocycles. The van der Waals surface area contributed by atoms with Gasteiger partial charge in [-0.2, -0.15) is 0 Å². The molecule has 2 aromatic rings. The van der Waals surface area contributed by atoms with Gasteiger partial charge in [0, 0.05) is 35.9 Å². The molecule has 0 fully saturated rings. The van der Waals surface area contributed by atoms with Gasteiger partial charge in [-0.1, -0.05) is 53.6 Å². The van der Waals surface area contributed by atoms with E-state index in [9.17, 15) is 4.79 Å². The molecule has 1 heterocycles. The molecule has 1 aromatic carbocycles. The fraction of sp³-hybridized carbons (Fsp3) is 0.280. The fourth-order valence-corrected chi connectivity index (χ4v) is 4.65. The van der Waals surface area contributed by atoms with Crippen molar-refractivity contribution in [1.29, 1.82) is 0 Å². The van der Waals surface area contributed by atoms with Crippen molar-refractivity contribution in [3.63, 3.8) is 0 Å². The number of hydrogen-bond donors (Lipinski definition) is 1. The van der Waals surface area contributed by atoms with E-state index in [0.29, 0.717) is 5.92 Å². The Morgan fingerprint density at radius 3 is 2.68 bits per heavy atom. The van der Waals surface area contributed by atoms with Crippen LogP contribution in [0.25, 0.3) is 6.08 Å². The molecular weight excluding hydrogens is 344 g/mol. The molecule has 1 N–H and O–H groups in total. The minimum absolute atomic E-state index is 0.0418. The van der Waals surface area contributed by atoms with E-state index in [2.05, 4.69) is 68.2 Å². The van der Waals surface area contributed by atoms with E-state index in [-0.39, 0.29) is 5.56 Å². The molecule has 3 heteroatoms. The zero-order valence-electron chi connectivity index (χ0n) is 16.7. The number of aryl methyl sites for hydroxylation is 1. The minimum atomic E-state index is -0.423. The van der Waals surface area contributed by atoms with Gasteiger partial charge >= 0.3 is 0 Å². The summed E-state index contributed by atoms with van der Waals surface area (Å²) in [4.78, 5) is 20.0. The van der Waals surface area contributed by atoms with Crippen LogP contribution in [0.5, 0.6) is 0 Å². The second-order valence-electron chi connectivity index (χ2n) is 7.87. The normalized spacial score (nSPS) is 25.3. The summed E-state index contributed by atoms with van der Waals surface area (Å²) in [7, 11) is 0. The first-order valence-corrected chi connectivity index (χ1v) is 9.87. The van der Waals surface area contributed by atoms with Crippen molar-refractivity contribution in [2.24, 2.45) is 10.9 Å². The molecule has 0 unspecified atom stereocenters. The predicted molar refractivity (Wildman–Crippen MR) is 117 cm³/mol. The van der Waals surface area contributed by atoms with Gasteiger partial charge in [0.05, 0.1) is 0 Å². The fourth-order valence-electron chi connectivity index (χ4n) is 4.65. The Morgan fingerprint density at radius 2 is 1.93 bits per heavy atom. The molecule has 2 aliphatic rings. The number of aromatic amines is 1. The van der Waals surface area contributed by atoms with Gasteiger partial charge < -0.3 is 4.98 Å². The van der Waals surface area contributed by atoms with Gasteiger partial charge in [0.1, 0.15) is 5.54 Å². The van der Waals surface area contributed by atoms with E-state index in [1.54, 1.807) is 6.07 Å².